The topological polar surface area (TPSA) is 0 Å². The smallest absolute Gasteiger partial charge is 0.206 e. The number of unbranched alkanes of at least 4 members (excludes halogenated alkanes) is 2. The zero-order chi connectivity index (χ0) is 28.2. The second-order valence-electron chi connectivity index (χ2n) is 9.06. The lowest BCUT2D eigenvalue weighted by molar-refractivity contribution is -0.0696. The number of halogens is 7. The molecule has 39 heavy (non-hydrogen) atoms. The van der Waals surface area contributed by atoms with Crippen LogP contribution in [-0.2, 0) is 12.2 Å². The van der Waals surface area contributed by atoms with Crippen LogP contribution in [0, 0.1) is 35.1 Å². The van der Waals surface area contributed by atoms with Gasteiger partial charge < -0.3 is 0 Å². The Labute approximate surface area is 226 Å². The minimum Gasteiger partial charge on any atom is -0.206 e. The van der Waals surface area contributed by atoms with Crippen LogP contribution in [-0.4, -0.2) is 6.18 Å². The third-order valence-electron chi connectivity index (χ3n) is 6.15. The van der Waals surface area contributed by atoms with Crippen molar-refractivity contribution in [2.75, 3.05) is 0 Å². The summed E-state index contributed by atoms with van der Waals surface area (Å²) in [4.78, 5) is 0.969. The molecule has 0 radical (unpaired) electrons. The van der Waals surface area contributed by atoms with Crippen LogP contribution in [0.3, 0.4) is 0 Å². The van der Waals surface area contributed by atoms with Crippen molar-refractivity contribution in [3.05, 3.63) is 101 Å². The number of alkyl halides is 3. The van der Waals surface area contributed by atoms with Crippen LogP contribution in [0.25, 0.3) is 21.9 Å². The molecule has 8 heteroatoms. The fourth-order valence-corrected chi connectivity index (χ4v) is 5.05. The van der Waals surface area contributed by atoms with E-state index in [4.69, 9.17) is 0 Å². The maximum atomic E-state index is 15.0. The highest BCUT2D eigenvalue weighted by Gasteiger charge is 2.24. The molecule has 0 unspecified atom stereocenters. The van der Waals surface area contributed by atoms with Crippen molar-refractivity contribution in [2.45, 2.75) is 49.4 Å². The Balaban J connectivity index is 1.55. The zero-order valence-corrected chi connectivity index (χ0v) is 21.7. The van der Waals surface area contributed by atoms with Gasteiger partial charge in [0, 0.05) is 22.0 Å². The van der Waals surface area contributed by atoms with Crippen molar-refractivity contribution in [2.24, 2.45) is 0 Å². The molecule has 0 spiro atoms. The van der Waals surface area contributed by atoms with E-state index in [0.29, 0.717) is 11.3 Å². The highest BCUT2D eigenvalue weighted by molar-refractivity contribution is 7.98. The number of hydrogen-bond acceptors (Lipinski definition) is 1. The molecular weight excluding hydrogens is 537 g/mol. The van der Waals surface area contributed by atoms with Crippen molar-refractivity contribution in [3.8, 4) is 23.0 Å². The van der Waals surface area contributed by atoms with Gasteiger partial charge >= 0.3 is 6.18 Å². The van der Waals surface area contributed by atoms with Gasteiger partial charge in [-0.25, -0.2) is 17.6 Å². The van der Waals surface area contributed by atoms with Gasteiger partial charge in [0.2, 0.25) is 0 Å². The maximum absolute atomic E-state index is 15.0. The fourth-order valence-electron chi connectivity index (χ4n) is 4.22. The second kappa shape index (κ2) is 12.2. The first-order chi connectivity index (χ1) is 18.6. The summed E-state index contributed by atoms with van der Waals surface area (Å²) in [5, 5.41) is -0.298. The summed E-state index contributed by atoms with van der Waals surface area (Å²) in [7, 11) is 0. The Bertz CT molecular complexity index is 1520. The van der Waals surface area contributed by atoms with Gasteiger partial charge in [0.05, 0.1) is 11.1 Å². The van der Waals surface area contributed by atoms with Crippen molar-refractivity contribution >= 4 is 22.5 Å². The van der Waals surface area contributed by atoms with E-state index >= 15 is 8.78 Å². The van der Waals surface area contributed by atoms with E-state index in [9.17, 15) is 22.0 Å². The van der Waals surface area contributed by atoms with E-state index in [1.807, 2.05) is 12.1 Å². The van der Waals surface area contributed by atoms with Crippen LogP contribution in [0.1, 0.15) is 42.9 Å². The van der Waals surface area contributed by atoms with E-state index in [1.165, 1.54) is 53.9 Å². The molecule has 0 nitrogen and oxygen atoms in total. The van der Waals surface area contributed by atoms with Gasteiger partial charge in [-0.1, -0.05) is 50.0 Å². The van der Waals surface area contributed by atoms with Crippen LogP contribution in [0.5, 0.6) is 0 Å². The van der Waals surface area contributed by atoms with Crippen molar-refractivity contribution in [1.82, 2.24) is 0 Å². The third-order valence-corrected chi connectivity index (χ3v) is 7.23. The molecule has 0 amide bonds. The number of aryl methyl sites for hydroxylation is 1. The maximum Gasteiger partial charge on any atom is 0.458 e. The predicted octanol–water partition coefficient (Wildman–Crippen LogP) is 10.0. The van der Waals surface area contributed by atoms with Gasteiger partial charge in [-0.3, -0.25) is 0 Å². The Kier molecular flexibility index (Phi) is 8.91. The van der Waals surface area contributed by atoms with Gasteiger partial charge in [0.1, 0.15) is 23.3 Å². The van der Waals surface area contributed by atoms with E-state index in [-0.39, 0.29) is 21.9 Å². The lowest BCUT2D eigenvalue weighted by Gasteiger charge is -2.11. The molecule has 0 saturated carbocycles. The molecule has 0 aromatic heterocycles. The van der Waals surface area contributed by atoms with Gasteiger partial charge in [-0.15, -0.1) is 11.8 Å². The summed E-state index contributed by atoms with van der Waals surface area (Å²) in [5.41, 5.74) is 0.302. The minimum absolute atomic E-state index is 0.0308. The first-order valence-corrected chi connectivity index (χ1v) is 13.3. The molecule has 0 N–H and O–H groups in total. The third kappa shape index (κ3) is 7.15. The molecular formula is C31H23F7S. The number of hydrogen-bond donors (Lipinski definition) is 0. The average molecular weight is 561 g/mol. The van der Waals surface area contributed by atoms with Gasteiger partial charge in [0.15, 0.2) is 0 Å². The van der Waals surface area contributed by atoms with Crippen LogP contribution in [0.15, 0.2) is 65.6 Å². The minimum atomic E-state index is -4.92. The standard InChI is InChI=1S/C31H23F7S/c1-2-3-4-5-19-6-9-23(10-7-19)39-18-20-14-27(33)29(28(34)15-20)21-8-11-24-22(16-21)17-26(32)25(30(24)35)12-13-31(36,37)38/h6-11,14-17H,2-5,18H2,1H3. The van der Waals surface area contributed by atoms with Gasteiger partial charge in [-0.05, 0) is 71.3 Å². The van der Waals surface area contributed by atoms with Crippen LogP contribution < -0.4 is 0 Å². The first-order valence-electron chi connectivity index (χ1n) is 12.3. The quantitative estimate of drug-likeness (QED) is 0.0894. The molecule has 0 heterocycles. The summed E-state index contributed by atoms with van der Waals surface area (Å²) in [6.45, 7) is 2.15. The fraction of sp³-hybridized carbons (Fsp3) is 0.226. The average Bonchev–Trinajstić information content (AvgIpc) is 2.87. The molecule has 0 saturated heterocycles. The molecule has 4 aromatic carbocycles. The Morgan fingerprint density at radius 2 is 1.46 bits per heavy atom. The summed E-state index contributed by atoms with van der Waals surface area (Å²) < 4.78 is 96.2. The molecule has 0 atom stereocenters. The van der Waals surface area contributed by atoms with E-state index in [2.05, 4.69) is 19.1 Å². The molecule has 0 bridgehead atoms. The molecule has 0 aliphatic heterocycles. The number of fused-ring (bicyclic) bond motifs is 1. The lowest BCUT2D eigenvalue weighted by Crippen LogP contribution is -2.02. The molecule has 0 fully saturated rings. The number of benzene rings is 4. The monoisotopic (exact) mass is 560 g/mol. The largest absolute Gasteiger partial charge is 0.458 e. The second-order valence-corrected chi connectivity index (χ2v) is 10.1. The van der Waals surface area contributed by atoms with Crippen LogP contribution >= 0.6 is 11.8 Å². The van der Waals surface area contributed by atoms with Gasteiger partial charge in [-0.2, -0.15) is 13.2 Å². The lowest BCUT2D eigenvalue weighted by atomic mass is 9.97. The van der Waals surface area contributed by atoms with Crippen LogP contribution in [0.2, 0.25) is 0 Å². The predicted molar refractivity (Wildman–Crippen MR) is 141 cm³/mol. The number of thioether (sulfide) groups is 1. The Morgan fingerprint density at radius 3 is 2.10 bits per heavy atom. The van der Waals surface area contributed by atoms with Gasteiger partial charge in [0.25, 0.3) is 0 Å². The highest BCUT2D eigenvalue weighted by Crippen LogP contribution is 2.33. The molecule has 4 rings (SSSR count). The summed E-state index contributed by atoms with van der Waals surface area (Å²) in [6, 6.07) is 14.8. The Hall–Kier alpha value is -3.44. The Morgan fingerprint density at radius 1 is 0.769 bits per heavy atom. The molecule has 0 aliphatic rings. The zero-order valence-electron chi connectivity index (χ0n) is 20.9. The molecule has 202 valence electrons. The molecule has 0 aliphatic carbocycles. The summed E-state index contributed by atoms with van der Waals surface area (Å²) in [5.74, 6) is -1.63. The summed E-state index contributed by atoms with van der Waals surface area (Å²) in [6.07, 6.45) is -0.443. The summed E-state index contributed by atoms with van der Waals surface area (Å²) >= 11 is 1.44. The van der Waals surface area contributed by atoms with Crippen LogP contribution in [0.4, 0.5) is 30.7 Å². The molecule has 4 aromatic rings. The SMILES string of the molecule is CCCCCc1ccc(SCc2cc(F)c(-c3ccc4c(F)c(C#CC(F)(F)F)c(F)cc4c3)c(F)c2)cc1. The number of rotatable bonds is 8. The first kappa shape index (κ1) is 28.6. The van der Waals surface area contributed by atoms with Crippen molar-refractivity contribution in [3.63, 3.8) is 0 Å². The normalized spacial score (nSPS) is 11.5. The highest BCUT2D eigenvalue weighted by atomic mass is 32.2. The van der Waals surface area contributed by atoms with Crippen molar-refractivity contribution in [1.29, 1.82) is 0 Å². The van der Waals surface area contributed by atoms with E-state index < -0.39 is 35.0 Å². The van der Waals surface area contributed by atoms with Crippen molar-refractivity contribution < 1.29 is 30.7 Å². The van der Waals surface area contributed by atoms with E-state index in [0.717, 1.165) is 42.2 Å². The van der Waals surface area contributed by atoms with E-state index in [1.54, 1.807) is 0 Å².